The van der Waals surface area contributed by atoms with Gasteiger partial charge in [0.1, 0.15) is 18.2 Å². The highest BCUT2D eigenvalue weighted by molar-refractivity contribution is 5.85. The zero-order valence-electron chi connectivity index (χ0n) is 18.8. The summed E-state index contributed by atoms with van der Waals surface area (Å²) in [6.07, 6.45) is -0.567. The molecule has 1 amide bonds. The molecule has 5 rings (SSSR count). The molecule has 1 aliphatic rings. The summed E-state index contributed by atoms with van der Waals surface area (Å²) in [6.45, 7) is 0.359. The lowest BCUT2D eigenvalue weighted by Gasteiger charge is -2.15. The highest BCUT2D eigenvalue weighted by Crippen LogP contribution is 2.44. The Kier molecular flexibility index (Phi) is 6.01. The fourth-order valence-electron chi connectivity index (χ4n) is 4.42. The number of anilines is 1. The second-order valence-corrected chi connectivity index (χ2v) is 8.04. The molecule has 0 saturated carbocycles. The van der Waals surface area contributed by atoms with Gasteiger partial charge in [-0.1, -0.05) is 48.5 Å². The zero-order chi connectivity index (χ0) is 23.5. The van der Waals surface area contributed by atoms with Crippen molar-refractivity contribution in [3.05, 3.63) is 90.0 Å². The van der Waals surface area contributed by atoms with E-state index in [1.54, 1.807) is 17.9 Å². The van der Waals surface area contributed by atoms with Gasteiger partial charge in [-0.25, -0.2) is 9.48 Å². The lowest BCUT2D eigenvalue weighted by molar-refractivity contribution is 0.158. The van der Waals surface area contributed by atoms with E-state index in [1.165, 1.54) is 11.1 Å². The molecule has 0 aliphatic heterocycles. The largest absolute Gasteiger partial charge is 0.497 e. The van der Waals surface area contributed by atoms with Gasteiger partial charge >= 0.3 is 6.09 Å². The molecule has 3 aromatic carbocycles. The maximum absolute atomic E-state index is 12.7. The maximum Gasteiger partial charge on any atom is 0.412 e. The third-order valence-corrected chi connectivity index (χ3v) is 6.05. The molecule has 0 atom stereocenters. The number of nitrogens with zero attached hydrogens (tertiary/aromatic N) is 2. The number of rotatable bonds is 7. The molecule has 0 radical (unpaired) electrons. The molecular formula is C27H25N3O4. The van der Waals surface area contributed by atoms with Crippen molar-refractivity contribution in [3.8, 4) is 28.1 Å². The van der Waals surface area contributed by atoms with Crippen molar-refractivity contribution in [1.82, 2.24) is 9.78 Å². The van der Waals surface area contributed by atoms with Gasteiger partial charge in [0, 0.05) is 17.5 Å². The van der Waals surface area contributed by atoms with Gasteiger partial charge in [0.2, 0.25) is 0 Å². The number of carbonyl (C=O) groups excluding carboxylic acids is 1. The highest BCUT2D eigenvalue weighted by Gasteiger charge is 2.29. The van der Waals surface area contributed by atoms with E-state index in [1.807, 2.05) is 48.5 Å². The number of benzene rings is 3. The minimum absolute atomic E-state index is 0.0182. The van der Waals surface area contributed by atoms with Gasteiger partial charge in [0.25, 0.3) is 0 Å². The van der Waals surface area contributed by atoms with Crippen LogP contribution in [0.1, 0.15) is 17.0 Å². The van der Waals surface area contributed by atoms with Crippen molar-refractivity contribution in [2.75, 3.05) is 25.6 Å². The summed E-state index contributed by atoms with van der Waals surface area (Å²) in [5.41, 5.74) is 6.21. The summed E-state index contributed by atoms with van der Waals surface area (Å²) in [5.74, 6) is 1.18. The van der Waals surface area contributed by atoms with Crippen molar-refractivity contribution in [3.63, 3.8) is 0 Å². The smallest absolute Gasteiger partial charge is 0.412 e. The summed E-state index contributed by atoms with van der Waals surface area (Å²) in [4.78, 5) is 12.7. The maximum atomic E-state index is 12.7. The topological polar surface area (TPSA) is 85.6 Å². The Morgan fingerprint density at radius 1 is 1.00 bits per heavy atom. The molecule has 0 unspecified atom stereocenters. The van der Waals surface area contributed by atoms with Crippen molar-refractivity contribution in [2.24, 2.45) is 0 Å². The van der Waals surface area contributed by atoms with E-state index in [2.05, 4.69) is 34.7 Å². The molecule has 1 heterocycles. The second-order valence-electron chi connectivity index (χ2n) is 8.04. The Hall–Kier alpha value is -4.10. The monoisotopic (exact) mass is 455 g/mol. The molecule has 0 saturated heterocycles. The van der Waals surface area contributed by atoms with Crippen molar-refractivity contribution in [1.29, 1.82) is 0 Å². The lowest BCUT2D eigenvalue weighted by atomic mass is 9.98. The molecule has 0 fully saturated rings. The molecule has 172 valence electrons. The first kappa shape index (κ1) is 21.7. The van der Waals surface area contributed by atoms with Crippen LogP contribution in [0.4, 0.5) is 10.6 Å². The Morgan fingerprint density at radius 2 is 1.65 bits per heavy atom. The average molecular weight is 456 g/mol. The van der Waals surface area contributed by atoms with Crippen LogP contribution in [0.25, 0.3) is 22.4 Å². The zero-order valence-corrected chi connectivity index (χ0v) is 18.8. The predicted molar refractivity (Wildman–Crippen MR) is 130 cm³/mol. The van der Waals surface area contributed by atoms with Crippen LogP contribution < -0.4 is 10.1 Å². The number of methoxy groups -OCH3 is 1. The van der Waals surface area contributed by atoms with Crippen LogP contribution in [0.5, 0.6) is 5.75 Å². The number of aliphatic hydroxyl groups excluding tert-OH is 1. The Bertz CT molecular complexity index is 1270. The second kappa shape index (κ2) is 9.41. The predicted octanol–water partition coefficient (Wildman–Crippen LogP) is 4.91. The number of hydrogen-bond acceptors (Lipinski definition) is 5. The van der Waals surface area contributed by atoms with Gasteiger partial charge in [0.15, 0.2) is 0 Å². The number of nitrogens with one attached hydrogen (secondary N) is 1. The summed E-state index contributed by atoms with van der Waals surface area (Å²) >= 11 is 0. The van der Waals surface area contributed by atoms with E-state index in [0.29, 0.717) is 11.5 Å². The molecule has 2 N–H and O–H groups in total. The summed E-state index contributed by atoms with van der Waals surface area (Å²) < 4.78 is 12.4. The van der Waals surface area contributed by atoms with Crippen LogP contribution in [0, 0.1) is 0 Å². The van der Waals surface area contributed by atoms with E-state index >= 15 is 0 Å². The number of aliphatic hydroxyl groups is 1. The number of aromatic nitrogens is 2. The van der Waals surface area contributed by atoms with Gasteiger partial charge in [-0.2, -0.15) is 5.10 Å². The fraction of sp³-hybridized carbons (Fsp3) is 0.185. The molecule has 1 aliphatic carbocycles. The first-order valence-electron chi connectivity index (χ1n) is 11.1. The third kappa shape index (κ3) is 4.13. The normalized spacial score (nSPS) is 12.2. The van der Waals surface area contributed by atoms with Crippen LogP contribution in [-0.2, 0) is 11.3 Å². The Labute approximate surface area is 197 Å². The molecule has 7 nitrogen and oxygen atoms in total. The van der Waals surface area contributed by atoms with Gasteiger partial charge in [-0.3, -0.25) is 5.32 Å². The molecule has 0 spiro atoms. The average Bonchev–Trinajstić information content (AvgIpc) is 3.42. The van der Waals surface area contributed by atoms with Crippen molar-refractivity contribution in [2.45, 2.75) is 12.5 Å². The molecule has 7 heteroatoms. The third-order valence-electron chi connectivity index (χ3n) is 6.05. The van der Waals surface area contributed by atoms with Crippen LogP contribution in [0.2, 0.25) is 0 Å². The van der Waals surface area contributed by atoms with E-state index in [4.69, 9.17) is 9.47 Å². The Balaban J connectivity index is 1.31. The van der Waals surface area contributed by atoms with Gasteiger partial charge in [-0.05, 0) is 46.5 Å². The summed E-state index contributed by atoms with van der Waals surface area (Å²) in [5, 5.41) is 16.7. The van der Waals surface area contributed by atoms with E-state index in [0.717, 1.165) is 22.4 Å². The highest BCUT2D eigenvalue weighted by atomic mass is 16.5. The standard InChI is InChI=1S/C27H25N3O4/c1-33-19-12-10-18(11-13-19)25-16-26(30(29-25)14-15-31)28-27(32)34-17-24-22-8-4-2-6-20(22)21-7-3-5-9-23(21)24/h2-13,16,24,31H,14-15,17H2,1H3,(H,28,32). The number of hydrogen-bond donors (Lipinski definition) is 2. The van der Waals surface area contributed by atoms with E-state index in [9.17, 15) is 9.90 Å². The summed E-state index contributed by atoms with van der Waals surface area (Å²) in [6, 6.07) is 25.7. The minimum atomic E-state index is -0.567. The number of fused-ring (bicyclic) bond motifs is 3. The molecule has 1 aromatic heterocycles. The fourth-order valence-corrected chi connectivity index (χ4v) is 4.42. The number of carbonyl (C=O) groups is 1. The number of amides is 1. The molecule has 0 bridgehead atoms. The SMILES string of the molecule is COc1ccc(-c2cc(NC(=O)OCC3c4ccccc4-c4ccccc43)n(CCO)n2)cc1. The van der Waals surface area contributed by atoms with Crippen LogP contribution in [0.3, 0.4) is 0 Å². The van der Waals surface area contributed by atoms with E-state index in [-0.39, 0.29) is 25.7 Å². The molecule has 4 aromatic rings. The van der Waals surface area contributed by atoms with Gasteiger partial charge < -0.3 is 14.6 Å². The van der Waals surface area contributed by atoms with Crippen molar-refractivity contribution < 1.29 is 19.4 Å². The van der Waals surface area contributed by atoms with Crippen molar-refractivity contribution >= 4 is 11.9 Å². The lowest BCUT2D eigenvalue weighted by Crippen LogP contribution is -2.20. The number of ether oxygens (including phenoxy) is 2. The quantitative estimate of drug-likeness (QED) is 0.414. The van der Waals surface area contributed by atoms with Gasteiger partial charge in [-0.15, -0.1) is 0 Å². The minimum Gasteiger partial charge on any atom is -0.497 e. The van der Waals surface area contributed by atoms with Crippen LogP contribution in [0.15, 0.2) is 78.9 Å². The van der Waals surface area contributed by atoms with E-state index < -0.39 is 6.09 Å². The van der Waals surface area contributed by atoms with Crippen LogP contribution >= 0.6 is 0 Å². The van der Waals surface area contributed by atoms with Crippen LogP contribution in [-0.4, -0.2) is 41.3 Å². The Morgan fingerprint density at radius 3 is 2.26 bits per heavy atom. The summed E-state index contributed by atoms with van der Waals surface area (Å²) in [7, 11) is 1.61. The molecule has 34 heavy (non-hydrogen) atoms. The molecular weight excluding hydrogens is 430 g/mol. The first-order chi connectivity index (χ1) is 16.7. The van der Waals surface area contributed by atoms with Gasteiger partial charge in [0.05, 0.1) is 26.0 Å². The first-order valence-corrected chi connectivity index (χ1v) is 11.1.